The van der Waals surface area contributed by atoms with Gasteiger partial charge in [0.15, 0.2) is 11.6 Å². The molecule has 3 heterocycles. The molecule has 15 heteroatoms. The van der Waals surface area contributed by atoms with Gasteiger partial charge in [-0.2, -0.15) is 4.39 Å². The zero-order valence-corrected chi connectivity index (χ0v) is 22.4. The summed E-state index contributed by atoms with van der Waals surface area (Å²) in [5.74, 6) is -8.54. The largest absolute Gasteiger partial charge is 0.435 e. The molecular formula is C24H27ClF4N6O3S. The summed E-state index contributed by atoms with van der Waals surface area (Å²) in [5, 5.41) is 6.55. The van der Waals surface area contributed by atoms with E-state index in [-0.39, 0.29) is 24.3 Å². The summed E-state index contributed by atoms with van der Waals surface area (Å²) in [6.45, 7) is 2.84. The first-order valence-corrected chi connectivity index (χ1v) is 13.5. The molecule has 1 unspecified atom stereocenters. The lowest BCUT2D eigenvalue weighted by atomic mass is 10.1. The fourth-order valence-corrected chi connectivity index (χ4v) is 5.11. The van der Waals surface area contributed by atoms with Crippen LogP contribution in [0.15, 0.2) is 42.7 Å². The van der Waals surface area contributed by atoms with Gasteiger partial charge in [0.1, 0.15) is 5.75 Å². The van der Waals surface area contributed by atoms with Crippen LogP contribution in [-0.2, 0) is 10.0 Å². The number of anilines is 2. The molecule has 1 fully saturated rings. The first kappa shape index (κ1) is 30.3. The van der Waals surface area contributed by atoms with Crippen molar-refractivity contribution in [3.05, 3.63) is 54.4 Å². The Bertz CT molecular complexity index is 1390. The maximum absolute atomic E-state index is 14.8. The SMILES string of the molecule is CCC(F)(F)CS(=O)(=O)Nc1ccc(Oc2ncccc2-c2ccnc(NC3CCCNC3)n2)c(F)c1F.Cl. The summed E-state index contributed by atoms with van der Waals surface area (Å²) < 4.78 is 87.8. The number of nitrogens with one attached hydrogen (secondary N) is 3. The van der Waals surface area contributed by atoms with Gasteiger partial charge in [0, 0.05) is 31.4 Å². The summed E-state index contributed by atoms with van der Waals surface area (Å²) in [7, 11) is -4.66. The molecule has 3 N–H and O–H groups in total. The van der Waals surface area contributed by atoms with E-state index < -0.39 is 51.2 Å². The highest BCUT2D eigenvalue weighted by Crippen LogP contribution is 2.34. The monoisotopic (exact) mass is 590 g/mol. The number of benzene rings is 1. The highest BCUT2D eigenvalue weighted by atomic mass is 35.5. The molecule has 0 radical (unpaired) electrons. The van der Waals surface area contributed by atoms with E-state index in [0.717, 1.165) is 45.0 Å². The Morgan fingerprint density at radius 3 is 2.64 bits per heavy atom. The molecule has 9 nitrogen and oxygen atoms in total. The number of sulfonamides is 1. The van der Waals surface area contributed by atoms with Crippen molar-refractivity contribution < 1.29 is 30.7 Å². The molecule has 1 atom stereocenters. The Morgan fingerprint density at radius 1 is 1.13 bits per heavy atom. The van der Waals surface area contributed by atoms with Crippen molar-refractivity contribution in [1.82, 2.24) is 20.3 Å². The molecule has 212 valence electrons. The van der Waals surface area contributed by atoms with Gasteiger partial charge in [-0.25, -0.2) is 36.5 Å². The van der Waals surface area contributed by atoms with Gasteiger partial charge in [-0.05, 0) is 49.7 Å². The number of piperidine rings is 1. The zero-order valence-electron chi connectivity index (χ0n) is 20.8. The molecular weight excluding hydrogens is 564 g/mol. The van der Waals surface area contributed by atoms with E-state index in [0.29, 0.717) is 17.2 Å². The molecule has 39 heavy (non-hydrogen) atoms. The summed E-state index contributed by atoms with van der Waals surface area (Å²) >= 11 is 0. The number of halogens is 5. The minimum absolute atomic E-state index is 0. The first-order valence-electron chi connectivity index (χ1n) is 11.9. The number of pyridine rings is 1. The van der Waals surface area contributed by atoms with Crippen molar-refractivity contribution in [3.63, 3.8) is 0 Å². The minimum Gasteiger partial charge on any atom is -0.435 e. The number of nitrogens with zero attached hydrogens (tertiary/aromatic N) is 3. The van der Waals surface area contributed by atoms with E-state index in [9.17, 15) is 26.0 Å². The Balaban J connectivity index is 0.00000420. The molecule has 0 aliphatic carbocycles. The second-order valence-corrected chi connectivity index (χ2v) is 10.4. The van der Waals surface area contributed by atoms with Crippen LogP contribution in [0.5, 0.6) is 11.6 Å². The Morgan fingerprint density at radius 2 is 1.92 bits per heavy atom. The third kappa shape index (κ3) is 7.90. The van der Waals surface area contributed by atoms with Gasteiger partial charge in [-0.3, -0.25) is 4.72 Å². The molecule has 0 bridgehead atoms. The highest BCUT2D eigenvalue weighted by Gasteiger charge is 2.34. The van der Waals surface area contributed by atoms with E-state index in [2.05, 4.69) is 25.6 Å². The van der Waals surface area contributed by atoms with E-state index in [4.69, 9.17) is 4.74 Å². The van der Waals surface area contributed by atoms with Crippen LogP contribution >= 0.6 is 12.4 Å². The summed E-state index contributed by atoms with van der Waals surface area (Å²) in [6.07, 6.45) is 4.18. The van der Waals surface area contributed by atoms with Crippen molar-refractivity contribution in [2.45, 2.75) is 38.2 Å². The maximum atomic E-state index is 14.8. The van der Waals surface area contributed by atoms with Crippen molar-refractivity contribution >= 4 is 34.1 Å². The van der Waals surface area contributed by atoms with Gasteiger partial charge in [0.2, 0.25) is 27.7 Å². The van der Waals surface area contributed by atoms with Crippen LogP contribution in [0, 0.1) is 11.6 Å². The Kier molecular flexibility index (Phi) is 9.91. The minimum atomic E-state index is -4.66. The van der Waals surface area contributed by atoms with Crippen LogP contribution in [0.25, 0.3) is 11.3 Å². The lowest BCUT2D eigenvalue weighted by Gasteiger charge is -2.23. The number of rotatable bonds is 10. The fourth-order valence-electron chi connectivity index (χ4n) is 3.78. The van der Waals surface area contributed by atoms with Crippen molar-refractivity contribution in [1.29, 1.82) is 0 Å². The molecule has 1 aliphatic heterocycles. The maximum Gasteiger partial charge on any atom is 0.263 e. The average molecular weight is 591 g/mol. The molecule has 1 aromatic carbocycles. The number of aromatic nitrogens is 3. The number of hydrogen-bond donors (Lipinski definition) is 3. The Hall–Kier alpha value is -3.23. The van der Waals surface area contributed by atoms with Gasteiger partial charge in [-0.1, -0.05) is 6.92 Å². The van der Waals surface area contributed by atoms with Crippen LogP contribution in [0.4, 0.5) is 29.2 Å². The van der Waals surface area contributed by atoms with Gasteiger partial charge in [-0.15, -0.1) is 12.4 Å². The van der Waals surface area contributed by atoms with E-state index in [1.54, 1.807) is 29.1 Å². The molecule has 0 saturated carbocycles. The highest BCUT2D eigenvalue weighted by molar-refractivity contribution is 7.92. The van der Waals surface area contributed by atoms with Crippen molar-refractivity contribution in [2.75, 3.05) is 28.9 Å². The smallest absolute Gasteiger partial charge is 0.263 e. The van der Waals surface area contributed by atoms with Crippen LogP contribution in [0.2, 0.25) is 0 Å². The van der Waals surface area contributed by atoms with E-state index in [1.165, 1.54) is 6.20 Å². The molecule has 1 aliphatic rings. The van der Waals surface area contributed by atoms with E-state index >= 15 is 0 Å². The normalized spacial score (nSPS) is 15.8. The van der Waals surface area contributed by atoms with Gasteiger partial charge >= 0.3 is 0 Å². The third-order valence-electron chi connectivity index (χ3n) is 5.77. The third-order valence-corrected chi connectivity index (χ3v) is 7.10. The lowest BCUT2D eigenvalue weighted by Crippen LogP contribution is -2.38. The van der Waals surface area contributed by atoms with E-state index in [1.807, 2.05) is 0 Å². The summed E-state index contributed by atoms with van der Waals surface area (Å²) in [6, 6.07) is 6.85. The second-order valence-electron chi connectivity index (χ2n) is 8.72. The van der Waals surface area contributed by atoms with Crippen molar-refractivity contribution in [2.24, 2.45) is 0 Å². The van der Waals surface area contributed by atoms with Crippen LogP contribution < -0.4 is 20.1 Å². The molecule has 0 amide bonds. The molecule has 0 spiro atoms. The van der Waals surface area contributed by atoms with Crippen molar-refractivity contribution in [3.8, 4) is 22.9 Å². The molecule has 1 saturated heterocycles. The quantitative estimate of drug-likeness (QED) is 0.283. The predicted octanol–water partition coefficient (Wildman–Crippen LogP) is 4.98. The predicted molar refractivity (Wildman–Crippen MR) is 141 cm³/mol. The van der Waals surface area contributed by atoms with Crippen LogP contribution in [-0.4, -0.2) is 54.2 Å². The van der Waals surface area contributed by atoms with Gasteiger partial charge in [0.05, 0.1) is 16.9 Å². The zero-order chi connectivity index (χ0) is 27.3. The molecule has 3 aromatic rings. The van der Waals surface area contributed by atoms with Crippen LogP contribution in [0.1, 0.15) is 26.2 Å². The average Bonchev–Trinajstić information content (AvgIpc) is 2.89. The van der Waals surface area contributed by atoms with Gasteiger partial charge < -0.3 is 15.4 Å². The first-order chi connectivity index (χ1) is 18.1. The fraction of sp³-hybridized carbons (Fsp3) is 0.375. The standard InChI is InChI=1S/C24H26F4N6O3S.ClH/c1-2-24(27,28)14-38(35,36)34-18-7-8-19(21(26)20(18)25)37-22-16(6-4-11-30-22)17-9-12-31-23(33-17)32-15-5-3-10-29-13-15;/h4,6-9,11-12,15,29,34H,2-3,5,10,13-14H2,1H3,(H,31,32,33);1H. The van der Waals surface area contributed by atoms with Crippen LogP contribution in [0.3, 0.4) is 0 Å². The number of hydrogen-bond acceptors (Lipinski definition) is 8. The Labute approximate surface area is 229 Å². The molecule has 2 aromatic heterocycles. The number of ether oxygens (including phenoxy) is 1. The lowest BCUT2D eigenvalue weighted by molar-refractivity contribution is 0.0219. The molecule has 4 rings (SSSR count). The number of alkyl halides is 2. The second kappa shape index (κ2) is 12.7. The van der Waals surface area contributed by atoms with Gasteiger partial charge in [0.25, 0.3) is 5.92 Å². The summed E-state index contributed by atoms with van der Waals surface area (Å²) in [4.78, 5) is 12.8. The topological polar surface area (TPSA) is 118 Å². The summed E-state index contributed by atoms with van der Waals surface area (Å²) in [5.41, 5.74) is -0.0469.